The van der Waals surface area contributed by atoms with Crippen LogP contribution in [0.3, 0.4) is 0 Å². The van der Waals surface area contributed by atoms with Crippen LogP contribution in [0.1, 0.15) is 42.6 Å². The quantitative estimate of drug-likeness (QED) is 0.851. The summed E-state index contributed by atoms with van der Waals surface area (Å²) in [6.45, 7) is 4.26. The Hall–Kier alpha value is -1.38. The summed E-state index contributed by atoms with van der Waals surface area (Å²) < 4.78 is 13.7. The predicted molar refractivity (Wildman–Crippen MR) is 80.6 cm³/mol. The Labute approximate surface area is 124 Å². The van der Waals surface area contributed by atoms with Crippen LogP contribution in [0.4, 0.5) is 4.39 Å². The van der Waals surface area contributed by atoms with Crippen LogP contribution >= 0.6 is 11.6 Å². The lowest BCUT2D eigenvalue weighted by Crippen LogP contribution is -2.04. The van der Waals surface area contributed by atoms with Crippen molar-refractivity contribution in [2.75, 3.05) is 0 Å². The minimum Gasteiger partial charge on any atom is -0.388 e. The highest BCUT2D eigenvalue weighted by Gasteiger charge is 2.14. The fraction of sp³-hybridized carbons (Fsp3) is 0.294. The number of rotatable bonds is 4. The zero-order valence-corrected chi connectivity index (χ0v) is 12.4. The van der Waals surface area contributed by atoms with E-state index in [9.17, 15) is 9.50 Å². The van der Waals surface area contributed by atoms with Gasteiger partial charge in [0.05, 0.1) is 6.10 Å². The van der Waals surface area contributed by atoms with Gasteiger partial charge >= 0.3 is 0 Å². The third-order valence-electron chi connectivity index (χ3n) is 3.40. The first kappa shape index (κ1) is 15.0. The van der Waals surface area contributed by atoms with Crippen molar-refractivity contribution < 1.29 is 9.50 Å². The van der Waals surface area contributed by atoms with Gasteiger partial charge in [-0.25, -0.2) is 4.39 Å². The van der Waals surface area contributed by atoms with E-state index in [0.717, 1.165) is 5.56 Å². The molecule has 1 unspecified atom stereocenters. The van der Waals surface area contributed by atoms with E-state index in [2.05, 4.69) is 13.8 Å². The summed E-state index contributed by atoms with van der Waals surface area (Å²) in [4.78, 5) is 0. The number of aliphatic hydroxyl groups is 1. The molecule has 0 amide bonds. The van der Waals surface area contributed by atoms with Gasteiger partial charge in [-0.2, -0.15) is 0 Å². The van der Waals surface area contributed by atoms with Gasteiger partial charge in [-0.15, -0.1) is 0 Å². The molecule has 0 aromatic heterocycles. The summed E-state index contributed by atoms with van der Waals surface area (Å²) >= 11 is 5.71. The van der Waals surface area contributed by atoms with Crippen LogP contribution < -0.4 is 0 Å². The summed E-state index contributed by atoms with van der Waals surface area (Å²) in [7, 11) is 0. The van der Waals surface area contributed by atoms with Gasteiger partial charge in [0.15, 0.2) is 0 Å². The lowest BCUT2D eigenvalue weighted by atomic mass is 9.97. The molecule has 0 spiro atoms. The normalized spacial score (nSPS) is 12.7. The molecule has 0 saturated carbocycles. The van der Waals surface area contributed by atoms with Crippen LogP contribution in [0.2, 0.25) is 5.02 Å². The van der Waals surface area contributed by atoms with E-state index >= 15 is 0 Å². The molecular formula is C17H18ClFO. The van der Waals surface area contributed by atoms with Gasteiger partial charge < -0.3 is 5.11 Å². The third kappa shape index (κ3) is 3.59. The molecular weight excluding hydrogens is 275 g/mol. The Morgan fingerprint density at radius 2 is 1.75 bits per heavy atom. The maximum atomic E-state index is 13.7. The standard InChI is InChI=1S/C17H18ClFO/c1-11(2)13-5-3-12(4-6-13)9-17(20)15-8-7-14(18)10-16(15)19/h3-8,10-11,17,20H,9H2,1-2H3. The fourth-order valence-corrected chi connectivity index (χ4v) is 2.30. The molecule has 3 heteroatoms. The van der Waals surface area contributed by atoms with Crippen LogP contribution in [0.5, 0.6) is 0 Å². The number of hydrogen-bond donors (Lipinski definition) is 1. The second-order valence-electron chi connectivity index (χ2n) is 5.28. The molecule has 1 nitrogen and oxygen atoms in total. The summed E-state index contributed by atoms with van der Waals surface area (Å²) in [5.41, 5.74) is 2.51. The molecule has 2 aromatic carbocycles. The summed E-state index contributed by atoms with van der Waals surface area (Å²) in [5, 5.41) is 10.5. The van der Waals surface area contributed by atoms with Crippen molar-refractivity contribution in [3.05, 3.63) is 70.0 Å². The van der Waals surface area contributed by atoms with Crippen LogP contribution in [-0.2, 0) is 6.42 Å². The van der Waals surface area contributed by atoms with E-state index in [4.69, 9.17) is 11.6 Å². The molecule has 0 heterocycles. The first-order valence-corrected chi connectivity index (χ1v) is 7.07. The van der Waals surface area contributed by atoms with E-state index in [1.807, 2.05) is 24.3 Å². The van der Waals surface area contributed by atoms with E-state index < -0.39 is 11.9 Å². The van der Waals surface area contributed by atoms with Gasteiger partial charge in [0.25, 0.3) is 0 Å². The zero-order valence-electron chi connectivity index (χ0n) is 11.6. The number of benzene rings is 2. The van der Waals surface area contributed by atoms with Gasteiger partial charge in [0.1, 0.15) is 5.82 Å². The van der Waals surface area contributed by atoms with E-state index in [0.29, 0.717) is 17.4 Å². The second-order valence-corrected chi connectivity index (χ2v) is 5.72. The highest BCUT2D eigenvalue weighted by molar-refractivity contribution is 6.30. The lowest BCUT2D eigenvalue weighted by molar-refractivity contribution is 0.173. The van der Waals surface area contributed by atoms with Crippen molar-refractivity contribution in [2.24, 2.45) is 0 Å². The Morgan fingerprint density at radius 1 is 1.10 bits per heavy atom. The van der Waals surface area contributed by atoms with Crippen molar-refractivity contribution in [3.8, 4) is 0 Å². The topological polar surface area (TPSA) is 20.2 Å². The van der Waals surface area contributed by atoms with Gasteiger partial charge in [-0.3, -0.25) is 0 Å². The molecule has 106 valence electrons. The number of halogens is 2. The van der Waals surface area contributed by atoms with Gasteiger partial charge in [0, 0.05) is 17.0 Å². The van der Waals surface area contributed by atoms with Crippen LogP contribution in [0.25, 0.3) is 0 Å². The molecule has 2 aromatic rings. The number of aliphatic hydroxyl groups excluding tert-OH is 1. The van der Waals surface area contributed by atoms with E-state index in [-0.39, 0.29) is 5.56 Å². The average Bonchev–Trinajstić information content (AvgIpc) is 2.39. The molecule has 1 N–H and O–H groups in total. The highest BCUT2D eigenvalue weighted by Crippen LogP contribution is 2.24. The molecule has 0 aliphatic carbocycles. The van der Waals surface area contributed by atoms with E-state index in [1.165, 1.54) is 17.7 Å². The van der Waals surface area contributed by atoms with Crippen molar-refractivity contribution in [3.63, 3.8) is 0 Å². The summed E-state index contributed by atoms with van der Waals surface area (Å²) in [6.07, 6.45) is -0.478. The van der Waals surface area contributed by atoms with Crippen molar-refractivity contribution in [2.45, 2.75) is 32.3 Å². The van der Waals surface area contributed by atoms with Crippen LogP contribution in [-0.4, -0.2) is 5.11 Å². The third-order valence-corrected chi connectivity index (χ3v) is 3.63. The molecule has 0 aliphatic heterocycles. The first-order valence-electron chi connectivity index (χ1n) is 6.69. The Kier molecular flexibility index (Phi) is 4.79. The fourth-order valence-electron chi connectivity index (χ4n) is 2.14. The SMILES string of the molecule is CC(C)c1ccc(CC(O)c2ccc(Cl)cc2F)cc1. The summed E-state index contributed by atoms with van der Waals surface area (Å²) in [5.74, 6) is 0.00600. The molecule has 0 radical (unpaired) electrons. The van der Waals surface area contributed by atoms with Crippen molar-refractivity contribution in [1.29, 1.82) is 0 Å². The Bertz CT molecular complexity index is 578. The molecule has 2 rings (SSSR count). The molecule has 20 heavy (non-hydrogen) atoms. The minimum absolute atomic E-state index is 0.280. The summed E-state index contributed by atoms with van der Waals surface area (Å²) in [6, 6.07) is 12.4. The van der Waals surface area contributed by atoms with E-state index in [1.54, 1.807) is 6.07 Å². The second kappa shape index (κ2) is 6.38. The molecule has 0 bridgehead atoms. The van der Waals surface area contributed by atoms with Crippen LogP contribution in [0, 0.1) is 5.82 Å². The monoisotopic (exact) mass is 292 g/mol. The minimum atomic E-state index is -0.864. The first-order chi connectivity index (χ1) is 9.47. The smallest absolute Gasteiger partial charge is 0.130 e. The largest absolute Gasteiger partial charge is 0.388 e. The highest BCUT2D eigenvalue weighted by atomic mass is 35.5. The maximum Gasteiger partial charge on any atom is 0.130 e. The van der Waals surface area contributed by atoms with Crippen molar-refractivity contribution >= 4 is 11.6 Å². The lowest BCUT2D eigenvalue weighted by Gasteiger charge is -2.13. The molecule has 0 fully saturated rings. The zero-order chi connectivity index (χ0) is 14.7. The maximum absolute atomic E-state index is 13.7. The Morgan fingerprint density at radius 3 is 2.30 bits per heavy atom. The van der Waals surface area contributed by atoms with Crippen molar-refractivity contribution in [1.82, 2.24) is 0 Å². The van der Waals surface area contributed by atoms with Gasteiger partial charge in [-0.1, -0.05) is 55.8 Å². The molecule has 0 saturated heterocycles. The molecule has 0 aliphatic rings. The average molecular weight is 293 g/mol. The number of hydrogen-bond acceptors (Lipinski definition) is 1. The van der Waals surface area contributed by atoms with Gasteiger partial charge in [-0.05, 0) is 29.2 Å². The predicted octanol–water partition coefficient (Wildman–Crippen LogP) is 4.88. The Balaban J connectivity index is 2.12. The molecule has 1 atom stereocenters. The van der Waals surface area contributed by atoms with Gasteiger partial charge in [0.2, 0.25) is 0 Å². The van der Waals surface area contributed by atoms with Crippen LogP contribution in [0.15, 0.2) is 42.5 Å².